The molecule has 1 saturated heterocycles. The quantitative estimate of drug-likeness (QED) is 0.758. The number of H-pyrrole nitrogens is 1. The number of morpholine rings is 1. The number of rotatable bonds is 6. The van der Waals surface area contributed by atoms with E-state index in [0.717, 1.165) is 36.9 Å². The molecular formula is C22H29N5O3. The van der Waals surface area contributed by atoms with E-state index in [2.05, 4.69) is 27.4 Å². The van der Waals surface area contributed by atoms with Crippen LogP contribution in [0, 0.1) is 5.92 Å². The van der Waals surface area contributed by atoms with Crippen LogP contribution in [-0.2, 0) is 22.5 Å². The van der Waals surface area contributed by atoms with Crippen LogP contribution in [0.3, 0.4) is 0 Å². The molecule has 160 valence electrons. The fraction of sp³-hybridized carbons (Fsp3) is 0.545. The molecule has 2 aromatic rings. The van der Waals surface area contributed by atoms with Crippen LogP contribution >= 0.6 is 0 Å². The van der Waals surface area contributed by atoms with Crippen LogP contribution in [0.15, 0.2) is 30.6 Å². The number of carbonyl (C=O) groups excluding carboxylic acids is 2. The summed E-state index contributed by atoms with van der Waals surface area (Å²) in [7, 11) is 0. The number of fused-ring (bicyclic) bond motifs is 1. The van der Waals surface area contributed by atoms with Crippen molar-refractivity contribution in [3.63, 3.8) is 0 Å². The van der Waals surface area contributed by atoms with Gasteiger partial charge in [-0.2, -0.15) is 5.10 Å². The van der Waals surface area contributed by atoms with Gasteiger partial charge in [-0.25, -0.2) is 0 Å². The summed E-state index contributed by atoms with van der Waals surface area (Å²) in [5, 5.41) is 10.2. The first-order chi connectivity index (χ1) is 14.7. The second-order valence-electron chi connectivity index (χ2n) is 8.09. The van der Waals surface area contributed by atoms with Gasteiger partial charge < -0.3 is 15.0 Å². The maximum absolute atomic E-state index is 13.1. The Morgan fingerprint density at radius 3 is 3.07 bits per heavy atom. The van der Waals surface area contributed by atoms with E-state index in [1.165, 1.54) is 0 Å². The normalized spacial score (nSPS) is 23.6. The molecule has 2 aromatic heterocycles. The molecular weight excluding hydrogens is 382 g/mol. The lowest BCUT2D eigenvalue weighted by Crippen LogP contribution is -2.57. The Morgan fingerprint density at radius 1 is 1.37 bits per heavy atom. The summed E-state index contributed by atoms with van der Waals surface area (Å²) in [5.74, 6) is -0.182. The van der Waals surface area contributed by atoms with E-state index >= 15 is 0 Å². The van der Waals surface area contributed by atoms with Gasteiger partial charge in [0.15, 0.2) is 0 Å². The number of hydrogen-bond acceptors (Lipinski definition) is 5. The number of aryl methyl sites for hydroxylation is 1. The van der Waals surface area contributed by atoms with Crippen molar-refractivity contribution in [3.05, 3.63) is 47.5 Å². The summed E-state index contributed by atoms with van der Waals surface area (Å²) >= 11 is 0. The zero-order valence-corrected chi connectivity index (χ0v) is 17.3. The van der Waals surface area contributed by atoms with Gasteiger partial charge in [0.05, 0.1) is 18.8 Å². The topological polar surface area (TPSA) is 100 Å². The number of pyridine rings is 1. The predicted molar refractivity (Wildman–Crippen MR) is 111 cm³/mol. The standard InChI is InChI=1S/C22H29N5O3/c1-2-4-17-12-18(26-25-17)22(29)27-9-10-30-20-7-6-16(11-19(20)27)21(28)24-14-15-5-3-8-23-13-15/h3,5,8,12-13,16,19-20H,2,4,6-7,9-11,14H2,1H3,(H,24,28)(H,25,26)/t16-,19+,20+/m0/s1. The van der Waals surface area contributed by atoms with Gasteiger partial charge in [0.2, 0.25) is 5.91 Å². The average Bonchev–Trinajstić information content (AvgIpc) is 3.26. The van der Waals surface area contributed by atoms with Crippen molar-refractivity contribution in [1.29, 1.82) is 0 Å². The molecule has 0 unspecified atom stereocenters. The fourth-order valence-electron chi connectivity index (χ4n) is 4.45. The molecule has 1 aliphatic heterocycles. The van der Waals surface area contributed by atoms with Crippen LogP contribution in [0.5, 0.6) is 0 Å². The lowest BCUT2D eigenvalue weighted by molar-refractivity contribution is -0.131. The van der Waals surface area contributed by atoms with Crippen molar-refractivity contribution in [2.75, 3.05) is 13.2 Å². The summed E-state index contributed by atoms with van der Waals surface area (Å²) in [6, 6.07) is 5.55. The van der Waals surface area contributed by atoms with Crippen molar-refractivity contribution in [2.24, 2.45) is 5.92 Å². The Bertz CT molecular complexity index is 869. The first-order valence-corrected chi connectivity index (χ1v) is 10.8. The summed E-state index contributed by atoms with van der Waals surface area (Å²) in [6.45, 7) is 3.61. The van der Waals surface area contributed by atoms with Gasteiger partial charge in [0.25, 0.3) is 5.91 Å². The van der Waals surface area contributed by atoms with Crippen molar-refractivity contribution in [1.82, 2.24) is 25.4 Å². The molecule has 8 heteroatoms. The zero-order chi connectivity index (χ0) is 20.9. The summed E-state index contributed by atoms with van der Waals surface area (Å²) in [6.07, 6.45) is 7.48. The number of ether oxygens (including phenoxy) is 1. The van der Waals surface area contributed by atoms with E-state index in [9.17, 15) is 9.59 Å². The molecule has 0 aromatic carbocycles. The first kappa shape index (κ1) is 20.5. The number of hydrogen-bond donors (Lipinski definition) is 2. The van der Waals surface area contributed by atoms with Crippen LogP contribution in [-0.4, -0.2) is 57.2 Å². The van der Waals surface area contributed by atoms with Crippen LogP contribution in [0.2, 0.25) is 0 Å². The van der Waals surface area contributed by atoms with E-state index in [1.807, 2.05) is 23.1 Å². The highest BCUT2D eigenvalue weighted by Gasteiger charge is 2.42. The van der Waals surface area contributed by atoms with Crippen LogP contribution < -0.4 is 5.32 Å². The molecule has 2 aliphatic rings. The van der Waals surface area contributed by atoms with E-state index in [0.29, 0.717) is 31.8 Å². The Kier molecular flexibility index (Phi) is 6.42. The number of nitrogens with zero attached hydrogens (tertiary/aromatic N) is 3. The number of aromatic amines is 1. The minimum absolute atomic E-state index is 0.0147. The van der Waals surface area contributed by atoms with Crippen LogP contribution in [0.25, 0.3) is 0 Å². The van der Waals surface area contributed by atoms with E-state index in [-0.39, 0.29) is 29.9 Å². The van der Waals surface area contributed by atoms with Gasteiger partial charge in [-0.3, -0.25) is 19.7 Å². The summed E-state index contributed by atoms with van der Waals surface area (Å²) < 4.78 is 5.94. The highest BCUT2D eigenvalue weighted by Crippen LogP contribution is 2.33. The van der Waals surface area contributed by atoms with Gasteiger partial charge in [0, 0.05) is 37.1 Å². The fourth-order valence-corrected chi connectivity index (χ4v) is 4.45. The van der Waals surface area contributed by atoms with E-state index < -0.39 is 0 Å². The highest BCUT2D eigenvalue weighted by molar-refractivity contribution is 5.92. The molecule has 2 amide bonds. The summed E-state index contributed by atoms with van der Waals surface area (Å²) in [5.41, 5.74) is 2.39. The maximum atomic E-state index is 13.1. The molecule has 1 saturated carbocycles. The van der Waals surface area contributed by atoms with Crippen molar-refractivity contribution in [3.8, 4) is 0 Å². The Hall–Kier alpha value is -2.74. The number of carbonyl (C=O) groups is 2. The highest BCUT2D eigenvalue weighted by atomic mass is 16.5. The average molecular weight is 412 g/mol. The minimum atomic E-state index is -0.130. The van der Waals surface area contributed by atoms with Crippen molar-refractivity contribution in [2.45, 2.75) is 57.7 Å². The lowest BCUT2D eigenvalue weighted by Gasteiger charge is -2.45. The number of nitrogens with one attached hydrogen (secondary N) is 2. The minimum Gasteiger partial charge on any atom is -0.374 e. The van der Waals surface area contributed by atoms with Gasteiger partial charge in [-0.05, 0) is 43.4 Å². The lowest BCUT2D eigenvalue weighted by atomic mass is 9.81. The molecule has 30 heavy (non-hydrogen) atoms. The van der Waals surface area contributed by atoms with Crippen LogP contribution in [0.4, 0.5) is 0 Å². The summed E-state index contributed by atoms with van der Waals surface area (Å²) in [4.78, 5) is 31.9. The first-order valence-electron chi connectivity index (χ1n) is 10.8. The third-order valence-electron chi connectivity index (χ3n) is 6.01. The Labute approximate surface area is 176 Å². The molecule has 2 N–H and O–H groups in total. The second-order valence-corrected chi connectivity index (χ2v) is 8.09. The molecule has 3 atom stereocenters. The number of aromatic nitrogens is 3. The van der Waals surface area contributed by atoms with Crippen LogP contribution in [0.1, 0.15) is 54.4 Å². The van der Waals surface area contributed by atoms with E-state index in [4.69, 9.17) is 4.74 Å². The SMILES string of the molecule is CCCc1cc(C(=O)N2CCO[C@@H]3CC[C@H](C(=O)NCc4cccnc4)C[C@H]32)n[nH]1. The molecule has 2 fully saturated rings. The Morgan fingerprint density at radius 2 is 2.27 bits per heavy atom. The zero-order valence-electron chi connectivity index (χ0n) is 17.3. The number of amides is 2. The third kappa shape index (κ3) is 4.53. The largest absolute Gasteiger partial charge is 0.374 e. The molecule has 0 bridgehead atoms. The van der Waals surface area contributed by atoms with Gasteiger partial charge in [0.1, 0.15) is 5.69 Å². The van der Waals surface area contributed by atoms with Gasteiger partial charge in [-0.15, -0.1) is 0 Å². The third-order valence-corrected chi connectivity index (χ3v) is 6.01. The monoisotopic (exact) mass is 411 g/mol. The molecule has 1 aliphatic carbocycles. The van der Waals surface area contributed by atoms with Gasteiger partial charge in [-0.1, -0.05) is 19.4 Å². The smallest absolute Gasteiger partial charge is 0.274 e. The second kappa shape index (κ2) is 9.38. The molecule has 0 spiro atoms. The van der Waals surface area contributed by atoms with E-state index in [1.54, 1.807) is 12.4 Å². The van der Waals surface area contributed by atoms with Crippen molar-refractivity contribution < 1.29 is 14.3 Å². The Balaban J connectivity index is 1.40. The predicted octanol–water partition coefficient (Wildman–Crippen LogP) is 2.08. The van der Waals surface area contributed by atoms with Gasteiger partial charge >= 0.3 is 0 Å². The molecule has 8 nitrogen and oxygen atoms in total. The molecule has 4 rings (SSSR count). The maximum Gasteiger partial charge on any atom is 0.274 e. The van der Waals surface area contributed by atoms with Crippen molar-refractivity contribution >= 4 is 11.8 Å². The molecule has 3 heterocycles. The molecule has 0 radical (unpaired) electrons.